The number of sulfone groups is 1. The summed E-state index contributed by atoms with van der Waals surface area (Å²) >= 11 is 0. The Morgan fingerprint density at radius 1 is 1.30 bits per heavy atom. The Labute approximate surface area is 117 Å². The second-order valence-corrected chi connectivity index (χ2v) is 8.21. The molecule has 1 aliphatic heterocycles. The van der Waals surface area contributed by atoms with Gasteiger partial charge in [0, 0.05) is 19.1 Å². The van der Waals surface area contributed by atoms with Crippen LogP contribution in [0.2, 0.25) is 0 Å². The predicted molar refractivity (Wildman–Crippen MR) is 70.6 cm³/mol. The van der Waals surface area contributed by atoms with Gasteiger partial charge in [-0.25, -0.2) is 13.2 Å². The van der Waals surface area contributed by atoms with E-state index in [-0.39, 0.29) is 25.0 Å². The van der Waals surface area contributed by atoms with Crippen molar-refractivity contribution in [3.8, 4) is 0 Å². The lowest BCUT2D eigenvalue weighted by Crippen LogP contribution is -2.54. The van der Waals surface area contributed by atoms with Crippen LogP contribution in [-0.2, 0) is 24.2 Å². The highest BCUT2D eigenvalue weighted by Crippen LogP contribution is 2.32. The maximum atomic E-state index is 12.0. The molecular formula is C12H19NO6S. The van der Waals surface area contributed by atoms with Gasteiger partial charge in [0.15, 0.2) is 0 Å². The molecule has 1 fully saturated rings. The maximum Gasteiger partial charge on any atom is 0.326 e. The lowest BCUT2D eigenvalue weighted by Gasteiger charge is -2.37. The first-order valence-corrected chi connectivity index (χ1v) is 8.24. The van der Waals surface area contributed by atoms with Crippen LogP contribution in [0.5, 0.6) is 0 Å². The molecule has 0 aliphatic carbocycles. The summed E-state index contributed by atoms with van der Waals surface area (Å²) in [5.41, 5.74) is -0.495. The fourth-order valence-corrected chi connectivity index (χ4v) is 2.88. The molecule has 0 aromatic heterocycles. The van der Waals surface area contributed by atoms with Gasteiger partial charge >= 0.3 is 5.97 Å². The van der Waals surface area contributed by atoms with E-state index in [9.17, 15) is 22.8 Å². The third-order valence-electron chi connectivity index (χ3n) is 3.16. The Morgan fingerprint density at radius 3 is 2.10 bits per heavy atom. The topological polar surface area (TPSA) is 109 Å². The first-order valence-electron chi connectivity index (χ1n) is 6.18. The number of carboxylic acid groups (broad SMARTS) is 1. The normalized spacial score (nSPS) is 20.9. The van der Waals surface area contributed by atoms with Gasteiger partial charge in [0.1, 0.15) is 15.9 Å². The summed E-state index contributed by atoms with van der Waals surface area (Å²) < 4.78 is 22.3. The van der Waals surface area contributed by atoms with Crippen molar-refractivity contribution >= 4 is 27.6 Å². The molecule has 1 aliphatic rings. The van der Waals surface area contributed by atoms with Crippen molar-refractivity contribution in [2.45, 2.75) is 39.2 Å². The van der Waals surface area contributed by atoms with Crippen LogP contribution in [0.3, 0.4) is 0 Å². The van der Waals surface area contributed by atoms with Crippen molar-refractivity contribution < 1.29 is 27.9 Å². The molecule has 0 aromatic carbocycles. The van der Waals surface area contributed by atoms with Gasteiger partial charge in [-0.2, -0.15) is 0 Å². The third kappa shape index (κ3) is 4.29. The number of imide groups is 1. The highest BCUT2D eigenvalue weighted by atomic mass is 32.2. The van der Waals surface area contributed by atoms with Crippen LogP contribution in [-0.4, -0.2) is 54.3 Å². The molecule has 1 saturated heterocycles. The van der Waals surface area contributed by atoms with Gasteiger partial charge in [-0.15, -0.1) is 0 Å². The number of rotatable bonds is 5. The summed E-state index contributed by atoms with van der Waals surface area (Å²) in [4.78, 5) is 35.9. The minimum atomic E-state index is -3.36. The smallest absolute Gasteiger partial charge is 0.326 e. The van der Waals surface area contributed by atoms with Gasteiger partial charge in [0.2, 0.25) is 11.8 Å². The first-order chi connectivity index (χ1) is 8.93. The average Bonchev–Trinajstić information content (AvgIpc) is 2.17. The third-order valence-corrected chi connectivity index (χ3v) is 4.13. The molecule has 7 nitrogen and oxygen atoms in total. The summed E-state index contributed by atoms with van der Waals surface area (Å²) in [5.74, 6) is -2.88. The first kappa shape index (κ1) is 16.6. The van der Waals surface area contributed by atoms with Crippen molar-refractivity contribution in [3.05, 3.63) is 0 Å². The zero-order valence-electron chi connectivity index (χ0n) is 11.7. The zero-order valence-corrected chi connectivity index (χ0v) is 12.6. The molecule has 0 bridgehead atoms. The summed E-state index contributed by atoms with van der Waals surface area (Å²) in [5, 5.41) is 9.15. The van der Waals surface area contributed by atoms with Crippen LogP contribution in [0.4, 0.5) is 0 Å². The van der Waals surface area contributed by atoms with Crippen LogP contribution in [0, 0.1) is 5.41 Å². The SMILES string of the molecule is CC1(C)CC(=O)N(C(CCS(C)(=O)=O)C(=O)O)C(=O)C1. The Kier molecular flexibility index (Phi) is 4.58. The second kappa shape index (κ2) is 5.51. The van der Waals surface area contributed by atoms with E-state index in [1.807, 2.05) is 0 Å². The van der Waals surface area contributed by atoms with Gasteiger partial charge in [-0.3, -0.25) is 14.5 Å². The highest BCUT2D eigenvalue weighted by Gasteiger charge is 2.43. The summed E-state index contributed by atoms with van der Waals surface area (Å²) in [6.07, 6.45) is 0.837. The monoisotopic (exact) mass is 305 g/mol. The number of nitrogens with zero attached hydrogens (tertiary/aromatic N) is 1. The van der Waals surface area contributed by atoms with Gasteiger partial charge in [-0.1, -0.05) is 13.8 Å². The molecule has 0 aromatic rings. The van der Waals surface area contributed by atoms with Crippen LogP contribution >= 0.6 is 0 Å². The molecule has 2 amide bonds. The fourth-order valence-electron chi connectivity index (χ4n) is 2.23. The number of aliphatic carboxylic acids is 1. The number of likely N-dealkylation sites (tertiary alicyclic amines) is 1. The summed E-state index contributed by atoms with van der Waals surface area (Å²) in [6, 6.07) is -1.42. The number of carbonyl (C=O) groups excluding carboxylic acids is 2. The van der Waals surface area contributed by atoms with Crippen LogP contribution in [0.1, 0.15) is 33.1 Å². The molecule has 0 spiro atoms. The lowest BCUT2D eigenvalue weighted by molar-refractivity contribution is -0.163. The van der Waals surface area contributed by atoms with Crippen molar-refractivity contribution in [2.75, 3.05) is 12.0 Å². The van der Waals surface area contributed by atoms with Gasteiger partial charge in [-0.05, 0) is 11.8 Å². The number of carbonyl (C=O) groups is 3. The molecule has 20 heavy (non-hydrogen) atoms. The largest absolute Gasteiger partial charge is 0.480 e. The lowest BCUT2D eigenvalue weighted by atomic mass is 9.81. The van der Waals surface area contributed by atoms with Crippen molar-refractivity contribution in [1.82, 2.24) is 4.90 Å². The number of piperidine rings is 1. The minimum absolute atomic E-state index is 0.0708. The van der Waals surface area contributed by atoms with E-state index in [0.29, 0.717) is 4.90 Å². The molecule has 1 atom stereocenters. The van der Waals surface area contributed by atoms with Crippen LogP contribution in [0.25, 0.3) is 0 Å². The van der Waals surface area contributed by atoms with Crippen molar-refractivity contribution in [3.63, 3.8) is 0 Å². The molecule has 1 heterocycles. The van der Waals surface area contributed by atoms with E-state index in [1.54, 1.807) is 13.8 Å². The Balaban J connectivity index is 2.95. The van der Waals surface area contributed by atoms with E-state index in [2.05, 4.69) is 0 Å². The quantitative estimate of drug-likeness (QED) is 0.719. The molecular weight excluding hydrogens is 286 g/mol. The van der Waals surface area contributed by atoms with Gasteiger partial charge in [0.05, 0.1) is 5.75 Å². The van der Waals surface area contributed by atoms with E-state index in [4.69, 9.17) is 5.11 Å². The summed E-state index contributed by atoms with van der Waals surface area (Å²) in [6.45, 7) is 3.51. The Morgan fingerprint density at radius 2 is 1.75 bits per heavy atom. The number of carboxylic acids is 1. The van der Waals surface area contributed by atoms with E-state index >= 15 is 0 Å². The average molecular weight is 305 g/mol. The van der Waals surface area contributed by atoms with E-state index < -0.39 is 39.1 Å². The maximum absolute atomic E-state index is 12.0. The Bertz CT molecular complexity index is 516. The fraction of sp³-hybridized carbons (Fsp3) is 0.750. The molecule has 1 unspecified atom stereocenters. The molecule has 1 rings (SSSR count). The van der Waals surface area contributed by atoms with Gasteiger partial charge in [0.25, 0.3) is 0 Å². The molecule has 0 radical (unpaired) electrons. The van der Waals surface area contributed by atoms with Crippen LogP contribution in [0.15, 0.2) is 0 Å². The van der Waals surface area contributed by atoms with E-state index in [1.165, 1.54) is 0 Å². The molecule has 8 heteroatoms. The zero-order chi connectivity index (χ0) is 15.7. The van der Waals surface area contributed by atoms with Gasteiger partial charge < -0.3 is 5.11 Å². The highest BCUT2D eigenvalue weighted by molar-refractivity contribution is 7.90. The molecule has 1 N–H and O–H groups in total. The standard InChI is InChI=1S/C12H19NO6S/c1-12(2)6-9(14)13(10(15)7-12)8(11(16)17)4-5-20(3,18)19/h8H,4-7H2,1-3H3,(H,16,17). The number of hydrogen-bond acceptors (Lipinski definition) is 5. The second-order valence-electron chi connectivity index (χ2n) is 5.95. The van der Waals surface area contributed by atoms with Crippen molar-refractivity contribution in [2.24, 2.45) is 5.41 Å². The van der Waals surface area contributed by atoms with E-state index in [0.717, 1.165) is 6.26 Å². The van der Waals surface area contributed by atoms with Crippen molar-refractivity contribution in [1.29, 1.82) is 0 Å². The minimum Gasteiger partial charge on any atom is -0.480 e. The molecule has 0 saturated carbocycles. The number of hydrogen-bond donors (Lipinski definition) is 1. The number of amides is 2. The Hall–Kier alpha value is -1.44. The van der Waals surface area contributed by atoms with Crippen LogP contribution < -0.4 is 0 Å². The molecule has 114 valence electrons. The predicted octanol–water partition coefficient (Wildman–Crippen LogP) is 0.0495. The summed E-state index contributed by atoms with van der Waals surface area (Å²) in [7, 11) is -3.36.